The van der Waals surface area contributed by atoms with Gasteiger partial charge in [0.05, 0.1) is 24.3 Å². The summed E-state index contributed by atoms with van der Waals surface area (Å²) in [5.74, 6) is 2.26. The third-order valence-corrected chi connectivity index (χ3v) is 5.92. The van der Waals surface area contributed by atoms with Gasteiger partial charge >= 0.3 is 6.18 Å². The highest BCUT2D eigenvalue weighted by atomic mass is 19.4. The molecule has 0 unspecified atom stereocenters. The molecule has 0 saturated carbocycles. The van der Waals surface area contributed by atoms with E-state index in [0.717, 1.165) is 35.6 Å². The maximum atomic E-state index is 12.7. The minimum absolute atomic E-state index is 0.196. The molecule has 34 heavy (non-hydrogen) atoms. The predicted octanol–water partition coefficient (Wildman–Crippen LogP) is 2.60. The molecule has 4 rings (SSSR count). The largest absolute Gasteiger partial charge is 0.408 e. The minimum atomic E-state index is -4.54. The summed E-state index contributed by atoms with van der Waals surface area (Å²) in [5.41, 5.74) is 3.11. The second-order valence-electron chi connectivity index (χ2n) is 8.44. The highest BCUT2D eigenvalue weighted by molar-refractivity contribution is 5.92. The Morgan fingerprint density at radius 2 is 2.03 bits per heavy atom. The molecule has 4 heterocycles. The van der Waals surface area contributed by atoms with Gasteiger partial charge in [0.1, 0.15) is 23.1 Å². The molecule has 1 atom stereocenters. The number of carbonyl (C=O) groups excluding carboxylic acids is 1. The number of alkyl halides is 3. The molecule has 1 saturated heterocycles. The number of nitrogens with zero attached hydrogens (tertiary/aromatic N) is 6. The number of H-pyrrole nitrogens is 1. The molecular formula is C22H23F3N8O. The van der Waals surface area contributed by atoms with Crippen LogP contribution in [0.5, 0.6) is 0 Å². The topological polar surface area (TPSA) is 105 Å². The number of amides is 1. The number of anilines is 1. The molecule has 12 heteroatoms. The van der Waals surface area contributed by atoms with Crippen LogP contribution in [0.4, 0.5) is 19.0 Å². The van der Waals surface area contributed by atoms with Crippen LogP contribution < -0.4 is 10.2 Å². The average molecular weight is 472 g/mol. The third-order valence-electron chi connectivity index (χ3n) is 5.92. The van der Waals surface area contributed by atoms with Gasteiger partial charge in [-0.1, -0.05) is 0 Å². The zero-order valence-corrected chi connectivity index (χ0v) is 18.8. The maximum Gasteiger partial charge on any atom is 0.408 e. The Morgan fingerprint density at radius 3 is 2.59 bits per heavy atom. The van der Waals surface area contributed by atoms with Gasteiger partial charge in [-0.3, -0.25) is 14.6 Å². The van der Waals surface area contributed by atoms with Gasteiger partial charge in [0.2, 0.25) is 0 Å². The Bertz CT molecular complexity index is 1210. The van der Waals surface area contributed by atoms with Gasteiger partial charge in [-0.05, 0) is 20.8 Å². The van der Waals surface area contributed by atoms with Gasteiger partial charge < -0.3 is 10.2 Å². The first-order valence-corrected chi connectivity index (χ1v) is 10.5. The lowest BCUT2D eigenvalue weighted by Gasteiger charge is -2.49. The van der Waals surface area contributed by atoms with Crippen molar-refractivity contribution in [2.75, 3.05) is 18.0 Å². The van der Waals surface area contributed by atoms with Crippen molar-refractivity contribution in [1.29, 1.82) is 0 Å². The number of aryl methyl sites for hydroxylation is 2. The molecular weight excluding hydrogens is 449 g/mol. The summed E-state index contributed by atoms with van der Waals surface area (Å²) >= 11 is 0. The number of carbonyl (C=O) groups is 1. The normalized spacial score (nSPS) is 16.0. The molecule has 0 radical (unpaired) electrons. The van der Waals surface area contributed by atoms with Crippen LogP contribution >= 0.6 is 0 Å². The van der Waals surface area contributed by atoms with Gasteiger partial charge in [0.15, 0.2) is 0 Å². The molecule has 0 aromatic carbocycles. The molecule has 0 bridgehead atoms. The number of aromatic amines is 1. The van der Waals surface area contributed by atoms with E-state index in [0.29, 0.717) is 25.3 Å². The smallest absolute Gasteiger partial charge is 0.350 e. The fourth-order valence-corrected chi connectivity index (χ4v) is 4.00. The Labute approximate surface area is 193 Å². The molecule has 0 spiro atoms. The SMILES string of the molecule is C#CCC1(n2cc(-c3c(C)n[nH]c3C)cn2)CN(c2cnc(C(=O)N[C@@H](C)C(F)(F)F)cn2)C1. The number of rotatable bonds is 6. The number of halogens is 3. The van der Waals surface area contributed by atoms with Gasteiger partial charge in [-0.2, -0.15) is 23.4 Å². The van der Waals surface area contributed by atoms with Crippen LogP contribution in [0.25, 0.3) is 11.1 Å². The molecule has 1 fully saturated rings. The minimum Gasteiger partial charge on any atom is -0.350 e. The number of nitrogens with one attached hydrogen (secondary N) is 2. The Balaban J connectivity index is 1.47. The van der Waals surface area contributed by atoms with Crippen molar-refractivity contribution in [3.05, 3.63) is 41.9 Å². The van der Waals surface area contributed by atoms with Crippen molar-refractivity contribution in [2.45, 2.75) is 44.9 Å². The van der Waals surface area contributed by atoms with Crippen molar-refractivity contribution in [3.8, 4) is 23.5 Å². The van der Waals surface area contributed by atoms with E-state index in [9.17, 15) is 18.0 Å². The van der Waals surface area contributed by atoms with Gasteiger partial charge in [-0.15, -0.1) is 12.3 Å². The van der Waals surface area contributed by atoms with Crippen molar-refractivity contribution < 1.29 is 18.0 Å². The van der Waals surface area contributed by atoms with Crippen LogP contribution in [0, 0.1) is 26.2 Å². The average Bonchev–Trinajstić information content (AvgIpc) is 3.36. The Morgan fingerprint density at radius 1 is 1.29 bits per heavy atom. The number of aromatic nitrogens is 6. The van der Waals surface area contributed by atoms with Gasteiger partial charge in [0, 0.05) is 42.5 Å². The number of terminal acetylenes is 1. The summed E-state index contributed by atoms with van der Waals surface area (Å²) < 4.78 is 39.8. The summed E-state index contributed by atoms with van der Waals surface area (Å²) in [6.45, 7) is 5.74. The molecule has 1 amide bonds. The van der Waals surface area contributed by atoms with Crippen LogP contribution in [0.3, 0.4) is 0 Å². The zero-order valence-electron chi connectivity index (χ0n) is 18.8. The van der Waals surface area contributed by atoms with Crippen molar-refractivity contribution in [3.63, 3.8) is 0 Å². The second-order valence-corrected chi connectivity index (χ2v) is 8.44. The fraction of sp³-hybridized carbons (Fsp3) is 0.409. The van der Waals surface area contributed by atoms with Crippen molar-refractivity contribution in [1.82, 2.24) is 35.3 Å². The highest BCUT2D eigenvalue weighted by Crippen LogP contribution is 2.36. The van der Waals surface area contributed by atoms with E-state index in [2.05, 4.69) is 31.2 Å². The highest BCUT2D eigenvalue weighted by Gasteiger charge is 2.46. The third kappa shape index (κ3) is 4.21. The summed E-state index contributed by atoms with van der Waals surface area (Å²) in [6, 6.07) is -1.99. The van der Waals surface area contributed by atoms with Crippen LogP contribution in [0.2, 0.25) is 0 Å². The summed E-state index contributed by atoms with van der Waals surface area (Å²) in [4.78, 5) is 22.1. The number of hydrogen-bond donors (Lipinski definition) is 2. The fourth-order valence-electron chi connectivity index (χ4n) is 4.00. The first-order valence-electron chi connectivity index (χ1n) is 10.5. The summed E-state index contributed by atoms with van der Waals surface area (Å²) in [5, 5.41) is 13.6. The van der Waals surface area contributed by atoms with E-state index in [4.69, 9.17) is 6.42 Å². The lowest BCUT2D eigenvalue weighted by Crippen LogP contribution is -2.63. The van der Waals surface area contributed by atoms with E-state index >= 15 is 0 Å². The van der Waals surface area contributed by atoms with Crippen molar-refractivity contribution in [2.24, 2.45) is 0 Å². The molecule has 178 valence electrons. The Hall–Kier alpha value is -3.88. The van der Waals surface area contributed by atoms with E-state index < -0.39 is 23.7 Å². The predicted molar refractivity (Wildman–Crippen MR) is 118 cm³/mol. The molecule has 3 aromatic heterocycles. The van der Waals surface area contributed by atoms with Crippen LogP contribution in [0.15, 0.2) is 24.8 Å². The molecule has 3 aromatic rings. The maximum absolute atomic E-state index is 12.7. The first-order chi connectivity index (χ1) is 16.0. The molecule has 0 aliphatic carbocycles. The van der Waals surface area contributed by atoms with Crippen molar-refractivity contribution >= 4 is 11.7 Å². The first kappa shape index (κ1) is 23.3. The summed E-state index contributed by atoms with van der Waals surface area (Å²) in [7, 11) is 0. The monoisotopic (exact) mass is 472 g/mol. The van der Waals surface area contributed by atoms with Gasteiger partial charge in [-0.25, -0.2) is 9.97 Å². The van der Waals surface area contributed by atoms with Gasteiger partial charge in [0.25, 0.3) is 5.91 Å². The molecule has 1 aliphatic rings. The zero-order chi connectivity index (χ0) is 24.7. The van der Waals surface area contributed by atoms with E-state index in [1.807, 2.05) is 34.9 Å². The lowest BCUT2D eigenvalue weighted by molar-refractivity contribution is -0.149. The van der Waals surface area contributed by atoms with Crippen LogP contribution in [0.1, 0.15) is 35.2 Å². The quantitative estimate of drug-likeness (QED) is 0.535. The lowest BCUT2D eigenvalue weighted by atomic mass is 9.86. The van der Waals surface area contributed by atoms with E-state index in [1.165, 1.54) is 6.20 Å². The molecule has 2 N–H and O–H groups in total. The standard InChI is InChI=1S/C22H23F3N8O/c1-5-6-21(33-10-16(7-28-33)19-13(2)30-31-14(19)3)11-32(12-21)18-9-26-17(8-27-18)20(34)29-15(4)22(23,24)25/h1,7-10,15H,6,11-12H2,2-4H3,(H,29,34)(H,30,31)/t15-/m0/s1. The van der Waals surface area contributed by atoms with E-state index in [-0.39, 0.29) is 5.69 Å². The molecule has 9 nitrogen and oxygen atoms in total. The summed E-state index contributed by atoms with van der Waals surface area (Å²) in [6.07, 6.45) is 7.79. The van der Waals surface area contributed by atoms with Crippen LogP contribution in [-0.2, 0) is 5.54 Å². The van der Waals surface area contributed by atoms with Crippen LogP contribution in [-0.4, -0.2) is 61.2 Å². The number of hydrogen-bond acceptors (Lipinski definition) is 6. The van der Waals surface area contributed by atoms with E-state index in [1.54, 1.807) is 6.20 Å². The second kappa shape index (κ2) is 8.48. The molecule has 1 aliphatic heterocycles. The Kier molecular flexibility index (Phi) is 5.80.